The quantitative estimate of drug-likeness (QED) is 0.399. The predicted molar refractivity (Wildman–Crippen MR) is 142 cm³/mol. The number of aliphatic hydroxyl groups is 1. The van der Waals surface area contributed by atoms with E-state index in [1.807, 2.05) is 35.2 Å². The highest BCUT2D eigenvalue weighted by Crippen LogP contribution is 2.59. The molecule has 2 aromatic carbocycles. The number of piperidine rings is 1. The molecule has 10 heteroatoms. The normalized spacial score (nSPS) is 29.1. The number of rotatable bonds is 1. The van der Waals surface area contributed by atoms with Gasteiger partial charge in [-0.3, -0.25) is 9.80 Å². The molecule has 1 aromatic heterocycles. The van der Waals surface area contributed by atoms with Crippen molar-refractivity contribution in [2.75, 3.05) is 6.54 Å². The van der Waals surface area contributed by atoms with E-state index in [1.165, 1.54) is 17.4 Å². The molecule has 4 atom stereocenters. The number of epoxide rings is 1. The lowest BCUT2D eigenvalue weighted by atomic mass is 9.87. The molecule has 6 aliphatic rings. The lowest BCUT2D eigenvalue weighted by Crippen LogP contribution is -2.66. The second kappa shape index (κ2) is 7.78. The number of ether oxygens (including phenoxy) is 1. The topological polar surface area (TPSA) is 72.4 Å². The van der Waals surface area contributed by atoms with Crippen LogP contribution in [0, 0.1) is 17.0 Å². The smallest absolute Gasteiger partial charge is 0.276 e. The molecule has 202 valence electrons. The van der Waals surface area contributed by atoms with Crippen molar-refractivity contribution in [3.63, 3.8) is 0 Å². The van der Waals surface area contributed by atoms with Crippen LogP contribution in [-0.2, 0) is 9.53 Å². The molecular weight excluding hydrogens is 534 g/mol. The van der Waals surface area contributed by atoms with Gasteiger partial charge in [0.1, 0.15) is 18.4 Å². The summed E-state index contributed by atoms with van der Waals surface area (Å²) < 4.78 is 36.3. The fourth-order valence-electron chi connectivity index (χ4n) is 7.21. The average Bonchev–Trinajstić information content (AvgIpc) is 3.87. The Morgan fingerprint density at radius 2 is 1.95 bits per heavy atom. The number of amides is 1. The van der Waals surface area contributed by atoms with Crippen molar-refractivity contribution in [1.82, 2.24) is 19.9 Å². The third-order valence-electron chi connectivity index (χ3n) is 9.51. The number of fused-ring (bicyclic) bond motifs is 8. The van der Waals surface area contributed by atoms with Gasteiger partial charge in [0, 0.05) is 18.3 Å². The van der Waals surface area contributed by atoms with Gasteiger partial charge in [-0.1, -0.05) is 30.3 Å². The SMILES string of the molecule is O=C1C2=C(O)C3OC3C=CN2N(C2c3ccccc3-c3scnc3-c3c2ccc(F)c3F)C2CC3(CCN12)CC3. The summed E-state index contributed by atoms with van der Waals surface area (Å²) in [7, 11) is 0. The lowest BCUT2D eigenvalue weighted by Gasteiger charge is -2.56. The maximum atomic E-state index is 15.8. The molecule has 7 nitrogen and oxygen atoms in total. The molecule has 4 aliphatic heterocycles. The molecule has 1 saturated carbocycles. The molecule has 1 N–H and O–H groups in total. The predicted octanol–water partition coefficient (Wildman–Crippen LogP) is 5.48. The van der Waals surface area contributed by atoms with Gasteiger partial charge in [-0.2, -0.15) is 5.01 Å². The number of hydrazine groups is 1. The monoisotopic (exact) mass is 558 g/mol. The van der Waals surface area contributed by atoms with Crippen LogP contribution in [0.25, 0.3) is 21.7 Å². The van der Waals surface area contributed by atoms with Crippen molar-refractivity contribution < 1.29 is 23.4 Å². The first-order valence-corrected chi connectivity index (χ1v) is 14.5. The van der Waals surface area contributed by atoms with Crippen molar-refractivity contribution in [3.05, 3.63) is 88.4 Å². The molecule has 0 radical (unpaired) electrons. The number of nitrogens with zero attached hydrogens (tertiary/aromatic N) is 4. The molecular formula is C30H24F2N4O3S. The molecule has 4 unspecified atom stereocenters. The molecule has 0 bridgehead atoms. The van der Waals surface area contributed by atoms with Gasteiger partial charge in [-0.15, -0.1) is 11.3 Å². The van der Waals surface area contributed by atoms with Crippen molar-refractivity contribution in [3.8, 4) is 21.7 Å². The van der Waals surface area contributed by atoms with Crippen molar-refractivity contribution >= 4 is 17.2 Å². The summed E-state index contributed by atoms with van der Waals surface area (Å²) in [6.07, 6.45) is 6.33. The van der Waals surface area contributed by atoms with Crippen LogP contribution < -0.4 is 0 Å². The molecule has 4 fully saturated rings. The summed E-state index contributed by atoms with van der Waals surface area (Å²) in [6, 6.07) is 10.1. The Morgan fingerprint density at radius 3 is 2.80 bits per heavy atom. The molecule has 2 aliphatic carbocycles. The third kappa shape index (κ3) is 2.98. The van der Waals surface area contributed by atoms with E-state index in [9.17, 15) is 14.3 Å². The molecule has 9 rings (SSSR count). The number of thiazole rings is 1. The fourth-order valence-corrected chi connectivity index (χ4v) is 8.06. The number of halogens is 2. The van der Waals surface area contributed by atoms with Crippen LogP contribution >= 0.6 is 11.3 Å². The Kier molecular flexibility index (Phi) is 4.50. The van der Waals surface area contributed by atoms with Crippen molar-refractivity contribution in [1.29, 1.82) is 0 Å². The maximum Gasteiger partial charge on any atom is 0.276 e. The Morgan fingerprint density at radius 1 is 1.10 bits per heavy atom. The van der Waals surface area contributed by atoms with Gasteiger partial charge in [0.15, 0.2) is 23.1 Å². The van der Waals surface area contributed by atoms with Crippen LogP contribution in [0.2, 0.25) is 0 Å². The summed E-state index contributed by atoms with van der Waals surface area (Å²) in [4.78, 5) is 21.2. The number of hydrogen-bond acceptors (Lipinski definition) is 7. The fraction of sp³-hybridized carbons (Fsp3) is 0.333. The van der Waals surface area contributed by atoms with Crippen LogP contribution in [0.15, 0.2) is 65.6 Å². The first kappa shape index (κ1) is 23.1. The Labute approximate surface area is 232 Å². The number of hydrogen-bond donors (Lipinski definition) is 1. The van der Waals surface area contributed by atoms with E-state index in [2.05, 4.69) is 9.99 Å². The van der Waals surface area contributed by atoms with Crippen LogP contribution in [0.3, 0.4) is 0 Å². The second-order valence-electron chi connectivity index (χ2n) is 11.6. The summed E-state index contributed by atoms with van der Waals surface area (Å²) in [5.74, 6) is -2.20. The van der Waals surface area contributed by atoms with E-state index < -0.39 is 23.8 Å². The van der Waals surface area contributed by atoms with Gasteiger partial charge in [0.05, 0.1) is 22.1 Å². The molecule has 5 heterocycles. The molecule has 1 spiro atoms. The number of benzene rings is 2. The summed E-state index contributed by atoms with van der Waals surface area (Å²) in [5, 5.41) is 15.2. The van der Waals surface area contributed by atoms with Gasteiger partial charge < -0.3 is 14.7 Å². The van der Waals surface area contributed by atoms with Gasteiger partial charge in [-0.25, -0.2) is 13.8 Å². The average molecular weight is 559 g/mol. The van der Waals surface area contributed by atoms with Gasteiger partial charge in [0.25, 0.3) is 5.91 Å². The highest BCUT2D eigenvalue weighted by Gasteiger charge is 2.58. The van der Waals surface area contributed by atoms with Crippen LogP contribution in [0.1, 0.15) is 42.9 Å². The summed E-state index contributed by atoms with van der Waals surface area (Å²) in [5.41, 5.74) is 4.91. The van der Waals surface area contributed by atoms with Crippen LogP contribution in [0.4, 0.5) is 8.78 Å². The Bertz CT molecular complexity index is 1700. The highest BCUT2D eigenvalue weighted by atomic mass is 32.1. The van der Waals surface area contributed by atoms with E-state index in [0.717, 1.165) is 41.7 Å². The zero-order valence-corrected chi connectivity index (χ0v) is 22.1. The third-order valence-corrected chi connectivity index (χ3v) is 10.4. The first-order valence-electron chi connectivity index (χ1n) is 13.6. The molecule has 40 heavy (non-hydrogen) atoms. The van der Waals surface area contributed by atoms with Gasteiger partial charge in [-0.05, 0) is 59.9 Å². The van der Waals surface area contributed by atoms with Gasteiger partial charge in [0.2, 0.25) is 0 Å². The molecule has 1 amide bonds. The van der Waals surface area contributed by atoms with E-state index in [4.69, 9.17) is 4.74 Å². The van der Waals surface area contributed by atoms with Crippen molar-refractivity contribution in [2.45, 2.75) is 50.1 Å². The minimum atomic E-state index is -0.936. The van der Waals surface area contributed by atoms with E-state index in [-0.39, 0.29) is 40.6 Å². The zero-order chi connectivity index (χ0) is 26.9. The minimum absolute atomic E-state index is 0.0941. The van der Waals surface area contributed by atoms with Crippen molar-refractivity contribution in [2.24, 2.45) is 5.41 Å². The van der Waals surface area contributed by atoms with Crippen LogP contribution in [0.5, 0.6) is 0 Å². The van der Waals surface area contributed by atoms with E-state index in [0.29, 0.717) is 17.8 Å². The van der Waals surface area contributed by atoms with Gasteiger partial charge >= 0.3 is 0 Å². The Hall–Kier alpha value is -3.60. The van der Waals surface area contributed by atoms with E-state index in [1.54, 1.807) is 22.8 Å². The van der Waals surface area contributed by atoms with E-state index >= 15 is 4.39 Å². The zero-order valence-electron chi connectivity index (χ0n) is 21.3. The number of aromatic nitrogens is 1. The first-order chi connectivity index (χ1) is 19.5. The standard InChI is InChI=1S/C30H24F2N4O3S/c31-18-6-5-17-21(22(18)32)23-28(40-14-33-23)16-4-2-1-3-15(16)24(17)36-20-13-30(8-9-30)10-12-34(20)29(38)25-26(37)27-19(39-27)7-11-35(25)36/h1-7,11,14,19-20,24,27,37H,8-10,12-13H2. The maximum absolute atomic E-state index is 15.8. The summed E-state index contributed by atoms with van der Waals surface area (Å²) >= 11 is 1.40. The molecule has 3 saturated heterocycles. The highest BCUT2D eigenvalue weighted by molar-refractivity contribution is 7.13. The lowest BCUT2D eigenvalue weighted by molar-refractivity contribution is -0.175. The number of carbonyl (C=O) groups excluding carboxylic acids is 1. The Balaban J connectivity index is 1.34. The summed E-state index contributed by atoms with van der Waals surface area (Å²) in [6.45, 7) is 0.567. The van der Waals surface area contributed by atoms with Crippen LogP contribution in [-0.4, -0.2) is 55.8 Å². The number of carbonyl (C=O) groups is 1. The molecule has 3 aromatic rings. The number of aliphatic hydroxyl groups excluding tert-OH is 1. The second-order valence-corrected chi connectivity index (χ2v) is 12.5. The minimum Gasteiger partial charge on any atom is -0.507 e. The largest absolute Gasteiger partial charge is 0.507 e.